The maximum Gasteiger partial charge on any atom is 0.250 e. The summed E-state index contributed by atoms with van der Waals surface area (Å²) in [4.78, 5) is 16.4. The van der Waals surface area contributed by atoms with Crippen LogP contribution in [-0.4, -0.2) is 22.4 Å². The van der Waals surface area contributed by atoms with Crippen LogP contribution in [0, 0.1) is 5.92 Å². The molecule has 0 unspecified atom stereocenters. The summed E-state index contributed by atoms with van der Waals surface area (Å²) in [6.07, 6.45) is 4.63. The van der Waals surface area contributed by atoms with Crippen LogP contribution >= 0.6 is 23.1 Å². The Labute approximate surface area is 138 Å². The van der Waals surface area contributed by atoms with Gasteiger partial charge in [-0.15, -0.1) is 11.3 Å². The lowest BCUT2D eigenvalue weighted by Gasteiger charge is -2.19. The molecule has 116 valence electrons. The van der Waals surface area contributed by atoms with Crippen molar-refractivity contribution < 1.29 is 4.79 Å². The van der Waals surface area contributed by atoms with Gasteiger partial charge in [-0.2, -0.15) is 5.10 Å². The molecule has 1 aliphatic carbocycles. The zero-order valence-corrected chi connectivity index (χ0v) is 14.2. The molecule has 1 aliphatic rings. The quantitative estimate of drug-likeness (QED) is 0.678. The van der Waals surface area contributed by atoms with Crippen LogP contribution in [0.1, 0.15) is 32.6 Å². The second-order valence-electron chi connectivity index (χ2n) is 5.52. The van der Waals surface area contributed by atoms with E-state index in [1.54, 1.807) is 11.3 Å². The van der Waals surface area contributed by atoms with Gasteiger partial charge in [-0.05, 0) is 37.3 Å². The lowest BCUT2D eigenvalue weighted by atomic mass is 9.89. The molecular formula is C16H19N3OS2. The molecule has 0 bridgehead atoms. The fourth-order valence-corrected chi connectivity index (χ4v) is 4.40. The molecule has 1 saturated carbocycles. The molecule has 0 saturated heterocycles. The number of amides is 1. The Kier molecular flexibility index (Phi) is 5.10. The predicted octanol–water partition coefficient (Wildman–Crippen LogP) is 4.07. The van der Waals surface area contributed by atoms with Gasteiger partial charge >= 0.3 is 0 Å². The Bertz CT molecular complexity index is 663. The van der Waals surface area contributed by atoms with Gasteiger partial charge in [-0.3, -0.25) is 4.79 Å². The first-order valence-electron chi connectivity index (χ1n) is 7.56. The van der Waals surface area contributed by atoms with Crippen LogP contribution in [0.15, 0.2) is 33.7 Å². The van der Waals surface area contributed by atoms with E-state index in [9.17, 15) is 4.79 Å². The van der Waals surface area contributed by atoms with Crippen LogP contribution in [-0.2, 0) is 4.79 Å². The maximum atomic E-state index is 11.9. The van der Waals surface area contributed by atoms with Crippen molar-refractivity contribution in [1.82, 2.24) is 10.4 Å². The molecular weight excluding hydrogens is 314 g/mol. The Balaban J connectivity index is 1.52. The predicted molar refractivity (Wildman–Crippen MR) is 93.6 cm³/mol. The number of hydrogen-bond donors (Lipinski definition) is 1. The van der Waals surface area contributed by atoms with E-state index in [4.69, 9.17) is 0 Å². The zero-order chi connectivity index (χ0) is 15.4. The van der Waals surface area contributed by atoms with Crippen molar-refractivity contribution in [3.63, 3.8) is 0 Å². The Morgan fingerprint density at radius 1 is 1.45 bits per heavy atom. The monoisotopic (exact) mass is 333 g/mol. The first kappa shape index (κ1) is 15.5. The number of aromatic nitrogens is 1. The zero-order valence-electron chi connectivity index (χ0n) is 12.5. The maximum absolute atomic E-state index is 11.9. The van der Waals surface area contributed by atoms with Crippen molar-refractivity contribution in [2.24, 2.45) is 11.0 Å². The van der Waals surface area contributed by atoms with Gasteiger partial charge in [0.2, 0.25) is 0 Å². The Hall–Kier alpha value is -1.40. The summed E-state index contributed by atoms with van der Waals surface area (Å²) in [5.41, 5.74) is 4.81. The van der Waals surface area contributed by atoms with Gasteiger partial charge in [-0.25, -0.2) is 10.4 Å². The molecule has 22 heavy (non-hydrogen) atoms. The van der Waals surface area contributed by atoms with Gasteiger partial charge in [0.05, 0.1) is 16.0 Å². The van der Waals surface area contributed by atoms with Crippen molar-refractivity contribution in [2.45, 2.75) is 36.9 Å². The third-order valence-electron chi connectivity index (χ3n) is 3.81. The van der Waals surface area contributed by atoms with E-state index in [0.29, 0.717) is 11.7 Å². The number of hydrogen-bond acceptors (Lipinski definition) is 5. The van der Waals surface area contributed by atoms with Crippen LogP contribution in [0.4, 0.5) is 0 Å². The van der Waals surface area contributed by atoms with Gasteiger partial charge in [-0.1, -0.05) is 37.2 Å². The van der Waals surface area contributed by atoms with E-state index in [2.05, 4.69) is 22.4 Å². The molecule has 2 aromatic rings. The van der Waals surface area contributed by atoms with Gasteiger partial charge in [0.1, 0.15) is 0 Å². The fraction of sp³-hybridized carbons (Fsp3) is 0.438. The number of fused-ring (bicyclic) bond motifs is 1. The molecule has 1 atom stereocenters. The SMILES string of the molecule is C[C@H]1CCCCC1=NNC(=O)CSc1nc2ccccc2s1. The summed E-state index contributed by atoms with van der Waals surface area (Å²) in [7, 11) is 0. The van der Waals surface area contributed by atoms with Crippen molar-refractivity contribution in [3.05, 3.63) is 24.3 Å². The molecule has 0 radical (unpaired) electrons. The molecule has 1 fully saturated rings. The number of nitrogens with zero attached hydrogens (tertiary/aromatic N) is 2. The third-order valence-corrected chi connectivity index (χ3v) is 5.99. The van der Waals surface area contributed by atoms with E-state index in [1.165, 1.54) is 31.0 Å². The van der Waals surface area contributed by atoms with Crippen molar-refractivity contribution in [1.29, 1.82) is 0 Å². The average Bonchev–Trinajstić information content (AvgIpc) is 2.95. The van der Waals surface area contributed by atoms with E-state index in [1.807, 2.05) is 24.3 Å². The van der Waals surface area contributed by atoms with Crippen molar-refractivity contribution in [3.8, 4) is 0 Å². The number of benzene rings is 1. The molecule has 6 heteroatoms. The van der Waals surface area contributed by atoms with E-state index in [0.717, 1.165) is 26.7 Å². The summed E-state index contributed by atoms with van der Waals surface area (Å²) in [6, 6.07) is 8.02. The van der Waals surface area contributed by atoms with E-state index < -0.39 is 0 Å². The van der Waals surface area contributed by atoms with Gasteiger partial charge < -0.3 is 0 Å². The highest BCUT2D eigenvalue weighted by atomic mass is 32.2. The lowest BCUT2D eigenvalue weighted by Crippen LogP contribution is -2.25. The molecule has 1 aromatic heterocycles. The highest BCUT2D eigenvalue weighted by Crippen LogP contribution is 2.29. The van der Waals surface area contributed by atoms with Gasteiger partial charge in [0, 0.05) is 5.71 Å². The standard InChI is InChI=1S/C16H19N3OS2/c1-11-6-2-3-7-12(11)18-19-15(20)10-21-16-17-13-8-4-5-9-14(13)22-16/h4-5,8-9,11H,2-3,6-7,10H2,1H3,(H,19,20)/t11-/m0/s1. The number of nitrogens with one attached hydrogen (secondary N) is 1. The minimum atomic E-state index is -0.0606. The highest BCUT2D eigenvalue weighted by molar-refractivity contribution is 8.01. The largest absolute Gasteiger partial charge is 0.272 e. The summed E-state index contributed by atoms with van der Waals surface area (Å²) >= 11 is 3.09. The third kappa shape index (κ3) is 3.87. The molecule has 1 heterocycles. The average molecular weight is 333 g/mol. The van der Waals surface area contributed by atoms with Crippen LogP contribution in [0.25, 0.3) is 10.2 Å². The van der Waals surface area contributed by atoms with E-state index >= 15 is 0 Å². The molecule has 1 N–H and O–H groups in total. The normalized spacial score (nSPS) is 20.4. The van der Waals surface area contributed by atoms with Crippen LogP contribution in [0.2, 0.25) is 0 Å². The summed E-state index contributed by atoms with van der Waals surface area (Å²) in [5.74, 6) is 0.783. The Morgan fingerprint density at radius 2 is 2.32 bits per heavy atom. The van der Waals surface area contributed by atoms with Gasteiger partial charge in [0.15, 0.2) is 4.34 Å². The number of hydrazone groups is 1. The number of thiazole rings is 1. The smallest absolute Gasteiger partial charge is 0.250 e. The Morgan fingerprint density at radius 3 is 3.14 bits per heavy atom. The summed E-state index contributed by atoms with van der Waals surface area (Å²) in [5, 5.41) is 4.31. The summed E-state index contributed by atoms with van der Waals surface area (Å²) in [6.45, 7) is 2.18. The van der Waals surface area contributed by atoms with Crippen LogP contribution in [0.5, 0.6) is 0 Å². The van der Waals surface area contributed by atoms with Crippen LogP contribution in [0.3, 0.4) is 0 Å². The van der Waals surface area contributed by atoms with E-state index in [-0.39, 0.29) is 5.91 Å². The molecule has 0 aliphatic heterocycles. The minimum absolute atomic E-state index is 0.0606. The first-order valence-corrected chi connectivity index (χ1v) is 9.36. The van der Waals surface area contributed by atoms with Gasteiger partial charge in [0.25, 0.3) is 5.91 Å². The second-order valence-corrected chi connectivity index (χ2v) is 7.77. The number of carbonyl (C=O) groups excluding carboxylic acids is 1. The summed E-state index contributed by atoms with van der Waals surface area (Å²) < 4.78 is 2.08. The topological polar surface area (TPSA) is 54.4 Å². The second kappa shape index (κ2) is 7.24. The molecule has 1 amide bonds. The molecule has 3 rings (SSSR count). The number of rotatable bonds is 4. The minimum Gasteiger partial charge on any atom is -0.272 e. The first-order chi connectivity index (χ1) is 10.7. The highest BCUT2D eigenvalue weighted by Gasteiger charge is 2.16. The number of thioether (sulfide) groups is 1. The molecule has 4 nitrogen and oxygen atoms in total. The lowest BCUT2D eigenvalue weighted by molar-refractivity contribution is -0.118. The molecule has 0 spiro atoms. The van der Waals surface area contributed by atoms with Crippen molar-refractivity contribution in [2.75, 3.05) is 5.75 Å². The van der Waals surface area contributed by atoms with Crippen molar-refractivity contribution >= 4 is 44.9 Å². The van der Waals surface area contributed by atoms with Crippen LogP contribution < -0.4 is 5.43 Å². The molecule has 1 aromatic carbocycles. The fourth-order valence-electron chi connectivity index (χ4n) is 2.54. The number of para-hydroxylation sites is 1. The number of carbonyl (C=O) groups is 1.